The Morgan fingerprint density at radius 1 is 1.17 bits per heavy atom. The van der Waals surface area contributed by atoms with Gasteiger partial charge in [-0.1, -0.05) is 12.1 Å². The first-order valence-corrected chi connectivity index (χ1v) is 9.80. The second-order valence-electron chi connectivity index (χ2n) is 6.41. The maximum atomic E-state index is 12.9. The van der Waals surface area contributed by atoms with E-state index in [1.165, 1.54) is 17.4 Å². The zero-order valence-corrected chi connectivity index (χ0v) is 16.7. The third-order valence-corrected chi connectivity index (χ3v) is 5.03. The number of hydrogen-bond acceptors (Lipinski definition) is 5. The molecule has 1 heterocycles. The van der Waals surface area contributed by atoms with E-state index >= 15 is 0 Å². The fraction of sp³-hybridized carbons (Fsp3) is 0.238. The molecule has 0 amide bonds. The molecule has 158 valence electrons. The number of aromatic nitrogens is 1. The van der Waals surface area contributed by atoms with Crippen molar-refractivity contribution in [3.05, 3.63) is 64.0 Å². The van der Waals surface area contributed by atoms with Gasteiger partial charge in [0.05, 0.1) is 22.9 Å². The summed E-state index contributed by atoms with van der Waals surface area (Å²) in [4.78, 5) is 15.0. The number of aryl methyl sites for hydroxylation is 1. The molecule has 3 rings (SSSR count). The first-order valence-electron chi connectivity index (χ1n) is 8.92. The molecule has 0 saturated carbocycles. The molecule has 0 unspecified atom stereocenters. The second kappa shape index (κ2) is 9.17. The van der Waals surface area contributed by atoms with Crippen LogP contribution in [0, 0.1) is 6.92 Å². The third-order valence-electron chi connectivity index (χ3n) is 4.12. The van der Waals surface area contributed by atoms with Crippen molar-refractivity contribution in [2.24, 2.45) is 0 Å². The lowest BCUT2D eigenvalue weighted by Gasteiger charge is -2.10. The molecule has 5 nitrogen and oxygen atoms in total. The summed E-state index contributed by atoms with van der Waals surface area (Å²) in [7, 11) is 0. The molecule has 0 atom stereocenters. The first kappa shape index (κ1) is 21.6. The highest BCUT2D eigenvalue weighted by atomic mass is 32.1. The zero-order valence-electron chi connectivity index (χ0n) is 15.9. The second-order valence-corrected chi connectivity index (χ2v) is 7.36. The Bertz CT molecular complexity index is 1030. The van der Waals surface area contributed by atoms with Crippen molar-refractivity contribution in [3.63, 3.8) is 0 Å². The topological polar surface area (TPSA) is 68.7 Å². The van der Waals surface area contributed by atoms with Crippen LogP contribution in [0.3, 0.4) is 0 Å². The summed E-state index contributed by atoms with van der Waals surface area (Å²) >= 11 is 1.36. The highest BCUT2D eigenvalue weighted by Gasteiger charge is 2.30. The van der Waals surface area contributed by atoms with Crippen molar-refractivity contribution in [2.45, 2.75) is 19.5 Å². The van der Waals surface area contributed by atoms with Gasteiger partial charge in [0.1, 0.15) is 11.5 Å². The Morgan fingerprint density at radius 2 is 1.97 bits per heavy atom. The summed E-state index contributed by atoms with van der Waals surface area (Å²) in [5.41, 5.74) is 0.955. The number of ether oxygens (including phenoxy) is 2. The number of halogens is 3. The van der Waals surface area contributed by atoms with Crippen molar-refractivity contribution in [1.29, 1.82) is 0 Å². The van der Waals surface area contributed by atoms with E-state index in [1.807, 2.05) is 0 Å². The van der Waals surface area contributed by atoms with E-state index in [0.29, 0.717) is 35.8 Å². The van der Waals surface area contributed by atoms with E-state index in [1.54, 1.807) is 36.6 Å². The smallest absolute Gasteiger partial charge is 0.416 e. The highest BCUT2D eigenvalue weighted by Crippen LogP contribution is 2.32. The van der Waals surface area contributed by atoms with E-state index < -0.39 is 24.3 Å². The number of alkyl halides is 3. The maximum Gasteiger partial charge on any atom is 0.416 e. The van der Waals surface area contributed by atoms with Crippen molar-refractivity contribution in [2.75, 3.05) is 13.2 Å². The number of carboxylic acids is 1. The minimum absolute atomic E-state index is 0.338. The molecule has 0 bridgehead atoms. The minimum atomic E-state index is -4.39. The van der Waals surface area contributed by atoms with Crippen LogP contribution in [0.2, 0.25) is 0 Å². The number of carbonyl (C=O) groups is 1. The predicted octanol–water partition coefficient (Wildman–Crippen LogP) is 5.22. The van der Waals surface area contributed by atoms with Crippen molar-refractivity contribution >= 4 is 17.3 Å². The molecule has 0 aliphatic rings. The minimum Gasteiger partial charge on any atom is -0.493 e. The predicted molar refractivity (Wildman–Crippen MR) is 106 cm³/mol. The molecule has 0 fully saturated rings. The van der Waals surface area contributed by atoms with Gasteiger partial charge in [-0.15, -0.1) is 11.3 Å². The van der Waals surface area contributed by atoms with Gasteiger partial charge < -0.3 is 14.6 Å². The Labute approximate surface area is 174 Å². The molecule has 0 saturated heterocycles. The lowest BCUT2D eigenvalue weighted by atomic mass is 10.1. The van der Waals surface area contributed by atoms with Gasteiger partial charge in [0.15, 0.2) is 6.61 Å². The van der Waals surface area contributed by atoms with Crippen LogP contribution in [-0.4, -0.2) is 29.3 Å². The molecule has 1 aromatic heterocycles. The average Bonchev–Trinajstić information content (AvgIpc) is 3.16. The summed E-state index contributed by atoms with van der Waals surface area (Å²) in [6, 6.07) is 10.2. The number of rotatable bonds is 8. The molecule has 0 aliphatic heterocycles. The van der Waals surface area contributed by atoms with E-state index in [0.717, 1.165) is 22.7 Å². The molecule has 0 spiro atoms. The fourth-order valence-electron chi connectivity index (χ4n) is 2.68. The molecule has 0 radical (unpaired) electrons. The van der Waals surface area contributed by atoms with Gasteiger partial charge in [0, 0.05) is 17.4 Å². The lowest BCUT2D eigenvalue weighted by Crippen LogP contribution is -2.10. The summed E-state index contributed by atoms with van der Waals surface area (Å²) in [5, 5.41) is 11.1. The van der Waals surface area contributed by atoms with Gasteiger partial charge in [-0.2, -0.15) is 13.2 Å². The van der Waals surface area contributed by atoms with E-state index in [9.17, 15) is 18.0 Å². The normalized spacial score (nSPS) is 11.3. The Kier molecular flexibility index (Phi) is 6.61. The van der Waals surface area contributed by atoms with Crippen LogP contribution in [0.25, 0.3) is 11.3 Å². The van der Waals surface area contributed by atoms with Crippen LogP contribution in [0.5, 0.6) is 11.5 Å². The Balaban J connectivity index is 1.57. The maximum absolute atomic E-state index is 12.9. The first-order chi connectivity index (χ1) is 14.2. The number of carboxylic acid groups (broad SMARTS) is 1. The molecular weight excluding hydrogens is 419 g/mol. The summed E-state index contributed by atoms with van der Waals surface area (Å²) in [6.07, 6.45) is -3.89. The molecule has 9 heteroatoms. The number of aliphatic carboxylic acids is 1. The summed E-state index contributed by atoms with van der Waals surface area (Å²) in [6.45, 7) is 1.70. The van der Waals surface area contributed by atoms with Crippen molar-refractivity contribution < 1.29 is 32.5 Å². The Morgan fingerprint density at radius 3 is 2.67 bits per heavy atom. The Hall–Kier alpha value is -3.07. The van der Waals surface area contributed by atoms with Gasteiger partial charge in [0.25, 0.3) is 0 Å². The van der Waals surface area contributed by atoms with Crippen LogP contribution in [0.4, 0.5) is 13.2 Å². The molecule has 3 aromatic rings. The van der Waals surface area contributed by atoms with Crippen LogP contribution in [0.15, 0.2) is 47.8 Å². The molecule has 0 aliphatic carbocycles. The van der Waals surface area contributed by atoms with Gasteiger partial charge in [-0.3, -0.25) is 0 Å². The number of thiazole rings is 1. The van der Waals surface area contributed by atoms with Gasteiger partial charge in [0.2, 0.25) is 0 Å². The number of nitrogens with zero attached hydrogens (tertiary/aromatic N) is 1. The summed E-state index contributed by atoms with van der Waals surface area (Å²) < 4.78 is 49.5. The van der Waals surface area contributed by atoms with Crippen molar-refractivity contribution in [1.82, 2.24) is 4.98 Å². The van der Waals surface area contributed by atoms with Crippen LogP contribution >= 0.6 is 11.3 Å². The van der Waals surface area contributed by atoms with Gasteiger partial charge in [-0.05, 0) is 42.8 Å². The summed E-state index contributed by atoms with van der Waals surface area (Å²) in [5.74, 6) is 0.0166. The highest BCUT2D eigenvalue weighted by molar-refractivity contribution is 7.09. The zero-order chi connectivity index (χ0) is 21.7. The fourth-order valence-corrected chi connectivity index (χ4v) is 3.47. The number of hydrogen-bond donors (Lipinski definition) is 1. The lowest BCUT2D eigenvalue weighted by molar-refractivity contribution is -0.139. The van der Waals surface area contributed by atoms with Gasteiger partial charge in [-0.25, -0.2) is 9.78 Å². The van der Waals surface area contributed by atoms with E-state index in [4.69, 9.17) is 14.6 Å². The van der Waals surface area contributed by atoms with E-state index in [2.05, 4.69) is 4.98 Å². The van der Waals surface area contributed by atoms with Crippen molar-refractivity contribution in [3.8, 4) is 22.8 Å². The quantitative estimate of drug-likeness (QED) is 0.523. The largest absolute Gasteiger partial charge is 0.493 e. The molecular formula is C21H18F3NO4S. The van der Waals surface area contributed by atoms with Gasteiger partial charge >= 0.3 is 12.1 Å². The molecule has 2 aromatic carbocycles. The van der Waals surface area contributed by atoms with Crippen LogP contribution < -0.4 is 9.47 Å². The van der Waals surface area contributed by atoms with Crippen LogP contribution in [-0.2, 0) is 17.4 Å². The standard InChI is InChI=1S/C21H18F3NO4S/c1-13-9-16(5-6-18(13)29-11-20(26)27)28-8-7-19-25-17(12-30-19)14-3-2-4-15(10-14)21(22,23)24/h2-6,9-10,12H,7-8,11H2,1H3,(H,26,27). The monoisotopic (exact) mass is 437 g/mol. The van der Waals surface area contributed by atoms with Crippen LogP contribution in [0.1, 0.15) is 16.1 Å². The third kappa shape index (κ3) is 5.73. The van der Waals surface area contributed by atoms with E-state index in [-0.39, 0.29) is 0 Å². The number of benzene rings is 2. The SMILES string of the molecule is Cc1cc(OCCc2nc(-c3cccc(C(F)(F)F)c3)cs2)ccc1OCC(=O)O. The molecule has 1 N–H and O–H groups in total. The molecule has 30 heavy (non-hydrogen) atoms. The average molecular weight is 437 g/mol.